The SMILES string of the molecule is CC1CCc2cccc(NC(=O)CC3CCCCC3)c2N1. The second-order valence-electron chi connectivity index (χ2n) is 6.68. The van der Waals surface area contributed by atoms with Crippen LogP contribution in [0.4, 0.5) is 11.4 Å². The number of hydrogen-bond donors (Lipinski definition) is 2. The highest BCUT2D eigenvalue weighted by molar-refractivity contribution is 5.95. The number of para-hydroxylation sites is 1. The van der Waals surface area contributed by atoms with E-state index in [1.165, 1.54) is 37.7 Å². The summed E-state index contributed by atoms with van der Waals surface area (Å²) in [5, 5.41) is 6.66. The van der Waals surface area contributed by atoms with Crippen LogP contribution in [0, 0.1) is 5.92 Å². The first-order valence-electron chi connectivity index (χ1n) is 8.40. The van der Waals surface area contributed by atoms with Crippen LogP contribution >= 0.6 is 0 Å². The predicted octanol–water partition coefficient (Wildman–Crippen LogP) is 4.34. The molecule has 3 heteroatoms. The molecule has 114 valence electrons. The van der Waals surface area contributed by atoms with E-state index in [4.69, 9.17) is 0 Å². The lowest BCUT2D eigenvalue weighted by Gasteiger charge is -2.27. The minimum atomic E-state index is 0.176. The van der Waals surface area contributed by atoms with E-state index in [2.05, 4.69) is 23.6 Å². The van der Waals surface area contributed by atoms with Gasteiger partial charge in [0.2, 0.25) is 5.91 Å². The lowest BCUT2D eigenvalue weighted by molar-refractivity contribution is -0.117. The van der Waals surface area contributed by atoms with Crippen LogP contribution in [0.1, 0.15) is 57.4 Å². The van der Waals surface area contributed by atoms with Gasteiger partial charge in [0.15, 0.2) is 0 Å². The van der Waals surface area contributed by atoms with Gasteiger partial charge in [-0.25, -0.2) is 0 Å². The van der Waals surface area contributed by atoms with E-state index in [1.54, 1.807) is 0 Å². The average Bonchev–Trinajstić information content (AvgIpc) is 2.49. The molecule has 1 aliphatic carbocycles. The van der Waals surface area contributed by atoms with Gasteiger partial charge >= 0.3 is 0 Å². The number of carbonyl (C=O) groups excluding carboxylic acids is 1. The Bertz CT molecular complexity index is 506. The van der Waals surface area contributed by atoms with Crippen molar-refractivity contribution in [3.8, 4) is 0 Å². The zero-order valence-electron chi connectivity index (χ0n) is 13.0. The minimum Gasteiger partial charge on any atom is -0.381 e. The third-order valence-electron chi connectivity index (χ3n) is 4.86. The molecular weight excluding hydrogens is 260 g/mol. The largest absolute Gasteiger partial charge is 0.381 e. The zero-order chi connectivity index (χ0) is 14.7. The standard InChI is InChI=1S/C18H26N2O/c1-13-10-11-15-8-5-9-16(18(15)19-13)20-17(21)12-14-6-3-2-4-7-14/h5,8-9,13-14,19H,2-4,6-7,10-12H2,1H3,(H,20,21). The first-order chi connectivity index (χ1) is 10.2. The van der Waals surface area contributed by atoms with Gasteiger partial charge in [-0.2, -0.15) is 0 Å². The van der Waals surface area contributed by atoms with E-state index < -0.39 is 0 Å². The molecule has 1 unspecified atom stereocenters. The Balaban J connectivity index is 1.65. The van der Waals surface area contributed by atoms with Gasteiger partial charge in [-0.3, -0.25) is 4.79 Å². The van der Waals surface area contributed by atoms with Crippen molar-refractivity contribution in [1.82, 2.24) is 0 Å². The first-order valence-corrected chi connectivity index (χ1v) is 8.40. The fourth-order valence-corrected chi connectivity index (χ4v) is 3.63. The molecule has 1 saturated carbocycles. The zero-order valence-corrected chi connectivity index (χ0v) is 13.0. The summed E-state index contributed by atoms with van der Waals surface area (Å²) in [6.45, 7) is 2.20. The summed E-state index contributed by atoms with van der Waals surface area (Å²) >= 11 is 0. The van der Waals surface area contributed by atoms with E-state index in [0.717, 1.165) is 24.2 Å². The Kier molecular flexibility index (Phi) is 4.47. The molecule has 0 aromatic heterocycles. The number of nitrogens with one attached hydrogen (secondary N) is 2. The monoisotopic (exact) mass is 286 g/mol. The number of carbonyl (C=O) groups is 1. The summed E-state index contributed by atoms with van der Waals surface area (Å²) in [7, 11) is 0. The molecule has 0 radical (unpaired) electrons. The number of fused-ring (bicyclic) bond motifs is 1. The molecule has 2 aliphatic rings. The fourth-order valence-electron chi connectivity index (χ4n) is 3.63. The number of amides is 1. The van der Waals surface area contributed by atoms with Crippen molar-refractivity contribution >= 4 is 17.3 Å². The van der Waals surface area contributed by atoms with Crippen molar-refractivity contribution in [2.24, 2.45) is 5.92 Å². The molecule has 3 rings (SSSR count). The Morgan fingerprint density at radius 1 is 1.24 bits per heavy atom. The summed E-state index contributed by atoms with van der Waals surface area (Å²) < 4.78 is 0. The first kappa shape index (κ1) is 14.4. The van der Waals surface area contributed by atoms with E-state index in [9.17, 15) is 4.79 Å². The van der Waals surface area contributed by atoms with Gasteiger partial charge in [-0.05, 0) is 50.2 Å². The van der Waals surface area contributed by atoms with Crippen LogP contribution in [-0.2, 0) is 11.2 Å². The number of rotatable bonds is 3. The maximum Gasteiger partial charge on any atom is 0.224 e. The van der Waals surface area contributed by atoms with E-state index >= 15 is 0 Å². The molecule has 1 atom stereocenters. The average molecular weight is 286 g/mol. The highest BCUT2D eigenvalue weighted by Gasteiger charge is 2.20. The van der Waals surface area contributed by atoms with Crippen LogP contribution in [0.2, 0.25) is 0 Å². The highest BCUT2D eigenvalue weighted by Crippen LogP contribution is 2.33. The summed E-state index contributed by atoms with van der Waals surface area (Å²) in [5.74, 6) is 0.764. The molecule has 1 aliphatic heterocycles. The fraction of sp³-hybridized carbons (Fsp3) is 0.611. The predicted molar refractivity (Wildman–Crippen MR) is 87.7 cm³/mol. The van der Waals surface area contributed by atoms with Gasteiger partial charge < -0.3 is 10.6 Å². The molecular formula is C18H26N2O. The van der Waals surface area contributed by atoms with Crippen molar-refractivity contribution < 1.29 is 4.79 Å². The van der Waals surface area contributed by atoms with Crippen molar-refractivity contribution in [2.75, 3.05) is 10.6 Å². The van der Waals surface area contributed by atoms with Gasteiger partial charge in [-0.1, -0.05) is 31.4 Å². The molecule has 1 heterocycles. The molecule has 21 heavy (non-hydrogen) atoms. The van der Waals surface area contributed by atoms with Crippen LogP contribution in [0.25, 0.3) is 0 Å². The van der Waals surface area contributed by atoms with Crippen molar-refractivity contribution in [3.05, 3.63) is 23.8 Å². The normalized spacial score (nSPS) is 22.2. The van der Waals surface area contributed by atoms with Gasteiger partial charge in [0.25, 0.3) is 0 Å². The van der Waals surface area contributed by atoms with Gasteiger partial charge in [0.1, 0.15) is 0 Å². The molecule has 1 fully saturated rings. The lowest BCUT2D eigenvalue weighted by atomic mass is 9.87. The summed E-state index contributed by atoms with van der Waals surface area (Å²) in [5.41, 5.74) is 3.41. The van der Waals surface area contributed by atoms with Gasteiger partial charge in [0, 0.05) is 12.5 Å². The third-order valence-corrected chi connectivity index (χ3v) is 4.86. The minimum absolute atomic E-state index is 0.176. The Labute approximate surface area is 127 Å². The van der Waals surface area contributed by atoms with Crippen LogP contribution in [0.3, 0.4) is 0 Å². The highest BCUT2D eigenvalue weighted by atomic mass is 16.1. The quantitative estimate of drug-likeness (QED) is 0.867. The smallest absolute Gasteiger partial charge is 0.224 e. The molecule has 1 aromatic carbocycles. The molecule has 1 amide bonds. The molecule has 0 saturated heterocycles. The van der Waals surface area contributed by atoms with Gasteiger partial charge in [0.05, 0.1) is 11.4 Å². The lowest BCUT2D eigenvalue weighted by Crippen LogP contribution is -2.24. The summed E-state index contributed by atoms with van der Waals surface area (Å²) in [4.78, 5) is 12.3. The van der Waals surface area contributed by atoms with Gasteiger partial charge in [-0.15, -0.1) is 0 Å². The van der Waals surface area contributed by atoms with E-state index in [-0.39, 0.29) is 5.91 Å². The molecule has 1 aromatic rings. The molecule has 3 nitrogen and oxygen atoms in total. The number of benzene rings is 1. The topological polar surface area (TPSA) is 41.1 Å². The summed E-state index contributed by atoms with van der Waals surface area (Å²) in [6.07, 6.45) is 9.29. The number of anilines is 2. The second-order valence-corrected chi connectivity index (χ2v) is 6.68. The van der Waals surface area contributed by atoms with Crippen LogP contribution in [0.15, 0.2) is 18.2 Å². The Hall–Kier alpha value is -1.51. The van der Waals surface area contributed by atoms with Crippen molar-refractivity contribution in [1.29, 1.82) is 0 Å². The molecule has 0 bridgehead atoms. The number of aryl methyl sites for hydroxylation is 1. The summed E-state index contributed by atoms with van der Waals surface area (Å²) in [6, 6.07) is 6.70. The maximum absolute atomic E-state index is 12.3. The Morgan fingerprint density at radius 3 is 2.86 bits per heavy atom. The van der Waals surface area contributed by atoms with Crippen LogP contribution < -0.4 is 10.6 Å². The van der Waals surface area contributed by atoms with E-state index in [1.807, 2.05) is 12.1 Å². The third kappa shape index (κ3) is 3.58. The second kappa shape index (κ2) is 6.50. The number of hydrogen-bond acceptors (Lipinski definition) is 2. The Morgan fingerprint density at radius 2 is 2.05 bits per heavy atom. The van der Waals surface area contributed by atoms with Crippen molar-refractivity contribution in [2.45, 2.75) is 64.3 Å². The van der Waals surface area contributed by atoms with Crippen LogP contribution in [0.5, 0.6) is 0 Å². The molecule has 2 N–H and O–H groups in total. The van der Waals surface area contributed by atoms with Crippen molar-refractivity contribution in [3.63, 3.8) is 0 Å². The maximum atomic E-state index is 12.3. The van der Waals surface area contributed by atoms with E-state index in [0.29, 0.717) is 18.4 Å². The molecule has 0 spiro atoms. The van der Waals surface area contributed by atoms with Crippen LogP contribution in [-0.4, -0.2) is 11.9 Å².